The Bertz CT molecular complexity index is 40.8. The van der Waals surface area contributed by atoms with Crippen molar-refractivity contribution in [2.75, 3.05) is 6.26 Å². The smallest absolute Gasteiger partial charge is 0.0955 e. The van der Waals surface area contributed by atoms with Gasteiger partial charge < -0.3 is 0 Å². The summed E-state index contributed by atoms with van der Waals surface area (Å²) in [4.78, 5) is 0. The van der Waals surface area contributed by atoms with Gasteiger partial charge in [0.05, 0.1) is 0 Å². The second-order valence-electron chi connectivity index (χ2n) is 0.744. The van der Waals surface area contributed by atoms with Gasteiger partial charge in [-0.3, -0.25) is 0 Å². The topological polar surface area (TPSA) is 0 Å². The molecule has 1 saturated heterocycles. The Balaban J connectivity index is 1.88. The van der Waals surface area contributed by atoms with Gasteiger partial charge in [-0.15, -0.1) is 0 Å². The molecule has 0 aromatic carbocycles. The molecule has 0 atom stereocenters. The molecule has 1 aliphatic rings. The summed E-state index contributed by atoms with van der Waals surface area (Å²) in [6.07, 6.45) is 2.12. The highest BCUT2D eigenvalue weighted by molar-refractivity contribution is 9.02. The highest BCUT2D eigenvalue weighted by Gasteiger charge is 2.23. The van der Waals surface area contributed by atoms with Crippen molar-refractivity contribution >= 4 is 43.2 Å². The van der Waals surface area contributed by atoms with E-state index in [9.17, 15) is 0 Å². The largest absolute Gasteiger partial charge is 0.126 e. The second kappa shape index (κ2) is 2.64. The van der Waals surface area contributed by atoms with Crippen LogP contribution in [0.2, 0.25) is 0 Å². The fraction of sp³-hybridized carbons (Fsp3) is 1.00. The van der Waals surface area contributed by atoms with Gasteiger partial charge in [0.25, 0.3) is 0 Å². The van der Waals surface area contributed by atoms with Crippen molar-refractivity contribution in [2.24, 2.45) is 0 Å². The zero-order valence-corrected chi connectivity index (χ0v) is 6.48. The maximum atomic E-state index is 2.12. The summed E-state index contributed by atoms with van der Waals surface area (Å²) in [7, 11) is 7.69. The summed E-state index contributed by atoms with van der Waals surface area (Å²) in [6.45, 7) is 0. The van der Waals surface area contributed by atoms with Crippen LogP contribution in [0.25, 0.3) is 0 Å². The molecule has 1 aliphatic heterocycles. The molecule has 0 aliphatic carbocycles. The van der Waals surface area contributed by atoms with Crippen LogP contribution >= 0.6 is 43.2 Å². The predicted molar refractivity (Wildman–Crippen MR) is 40.1 cm³/mol. The van der Waals surface area contributed by atoms with Crippen LogP contribution in [0.1, 0.15) is 0 Å². The van der Waals surface area contributed by atoms with E-state index < -0.39 is 0 Å². The molecule has 0 saturated carbocycles. The van der Waals surface area contributed by atoms with Gasteiger partial charge in [0.1, 0.15) is 3.91 Å². The molecule has 36 valence electrons. The third-order valence-electron chi connectivity index (χ3n) is 0.350. The molecule has 6 heavy (non-hydrogen) atoms. The van der Waals surface area contributed by atoms with Crippen molar-refractivity contribution in [3.8, 4) is 0 Å². The van der Waals surface area contributed by atoms with Gasteiger partial charge in [-0.05, 0) is 6.26 Å². The molecule has 0 N–H and O–H groups in total. The van der Waals surface area contributed by atoms with E-state index in [1.807, 2.05) is 43.2 Å². The summed E-state index contributed by atoms with van der Waals surface area (Å²) >= 11 is 0. The zero-order valence-electron chi connectivity index (χ0n) is 3.21. The molecule has 0 spiro atoms. The van der Waals surface area contributed by atoms with E-state index in [0.29, 0.717) is 0 Å². The molecule has 1 heterocycles. The van der Waals surface area contributed by atoms with Crippen molar-refractivity contribution in [3.05, 3.63) is 0 Å². The van der Waals surface area contributed by atoms with E-state index >= 15 is 0 Å². The molecule has 0 radical (unpaired) electrons. The number of hydrogen-bond donors (Lipinski definition) is 0. The summed E-state index contributed by atoms with van der Waals surface area (Å²) in [6, 6.07) is 0. The van der Waals surface area contributed by atoms with Crippen LogP contribution in [0, 0.1) is 0 Å². The van der Waals surface area contributed by atoms with Gasteiger partial charge in [0.15, 0.2) is 0 Å². The SMILES string of the molecule is CSSC1SS1. The summed E-state index contributed by atoms with van der Waals surface area (Å²) in [5, 5.41) is 0. The fourth-order valence-electron chi connectivity index (χ4n) is 0.133. The first-order chi connectivity index (χ1) is 2.93. The maximum Gasteiger partial charge on any atom is 0.126 e. The first kappa shape index (κ1) is 5.54. The predicted octanol–water partition coefficient (Wildman–Crippen LogP) is 2.68. The quantitative estimate of drug-likeness (QED) is 0.445. The minimum atomic E-state index is 0.861. The van der Waals surface area contributed by atoms with Crippen molar-refractivity contribution in [2.45, 2.75) is 3.91 Å². The maximum absolute atomic E-state index is 2.12. The lowest BCUT2D eigenvalue weighted by Crippen LogP contribution is -1.52. The Hall–Kier alpha value is 1.40. The van der Waals surface area contributed by atoms with Gasteiger partial charge in [-0.25, -0.2) is 0 Å². The average molecular weight is 156 g/mol. The van der Waals surface area contributed by atoms with E-state index in [0.717, 1.165) is 3.91 Å². The van der Waals surface area contributed by atoms with E-state index in [-0.39, 0.29) is 0 Å². The Morgan fingerprint density at radius 1 is 1.50 bits per heavy atom. The Labute approximate surface area is 53.4 Å². The van der Waals surface area contributed by atoms with Crippen LogP contribution < -0.4 is 0 Å². The molecular weight excluding hydrogens is 152 g/mol. The molecule has 0 aromatic heterocycles. The number of hydrogen-bond acceptors (Lipinski definition) is 4. The van der Waals surface area contributed by atoms with Gasteiger partial charge in [-0.1, -0.05) is 43.2 Å². The lowest BCUT2D eigenvalue weighted by Gasteiger charge is -1.79. The lowest BCUT2D eigenvalue weighted by molar-refractivity contribution is 2.22. The molecular formula is C2H4S4. The Morgan fingerprint density at radius 2 is 2.17 bits per heavy atom. The van der Waals surface area contributed by atoms with E-state index in [1.54, 1.807) is 0 Å². The molecule has 0 amide bonds. The monoisotopic (exact) mass is 156 g/mol. The standard InChI is InChI=1S/C2H4S4/c1-3-4-2-5-6-2/h2H,1H3. The van der Waals surface area contributed by atoms with Crippen LogP contribution in [0.4, 0.5) is 0 Å². The van der Waals surface area contributed by atoms with Crippen LogP contribution in [0.15, 0.2) is 0 Å². The summed E-state index contributed by atoms with van der Waals surface area (Å²) < 4.78 is 0.861. The van der Waals surface area contributed by atoms with Crippen molar-refractivity contribution in [1.82, 2.24) is 0 Å². The first-order valence-electron chi connectivity index (χ1n) is 1.45. The minimum Gasteiger partial charge on any atom is -0.0955 e. The normalized spacial score (nSPS) is 21.5. The van der Waals surface area contributed by atoms with Gasteiger partial charge in [0.2, 0.25) is 0 Å². The third kappa shape index (κ3) is 1.91. The van der Waals surface area contributed by atoms with Gasteiger partial charge in [-0.2, -0.15) is 0 Å². The van der Waals surface area contributed by atoms with Crippen molar-refractivity contribution in [1.29, 1.82) is 0 Å². The molecule has 4 heteroatoms. The number of rotatable bonds is 2. The molecule has 1 fully saturated rings. The van der Waals surface area contributed by atoms with Crippen LogP contribution in [-0.2, 0) is 0 Å². The summed E-state index contributed by atoms with van der Waals surface area (Å²) in [5.74, 6) is 0. The molecule has 0 unspecified atom stereocenters. The molecule has 0 bridgehead atoms. The molecule has 0 aromatic rings. The minimum absolute atomic E-state index is 0.861. The lowest BCUT2D eigenvalue weighted by atomic mass is 11.9. The van der Waals surface area contributed by atoms with Crippen LogP contribution in [-0.4, -0.2) is 10.2 Å². The third-order valence-corrected chi connectivity index (χ3v) is 5.97. The second-order valence-corrected chi connectivity index (χ2v) is 6.70. The molecule has 0 nitrogen and oxygen atoms in total. The van der Waals surface area contributed by atoms with Crippen molar-refractivity contribution in [3.63, 3.8) is 0 Å². The zero-order chi connectivity index (χ0) is 4.41. The molecule has 1 rings (SSSR count). The van der Waals surface area contributed by atoms with Crippen molar-refractivity contribution < 1.29 is 0 Å². The van der Waals surface area contributed by atoms with Gasteiger partial charge in [0, 0.05) is 0 Å². The fourth-order valence-corrected chi connectivity index (χ4v) is 5.33. The Morgan fingerprint density at radius 3 is 2.33 bits per heavy atom. The van der Waals surface area contributed by atoms with Crippen LogP contribution in [0.5, 0.6) is 0 Å². The van der Waals surface area contributed by atoms with Gasteiger partial charge >= 0.3 is 0 Å². The highest BCUT2D eigenvalue weighted by Crippen LogP contribution is 2.61. The van der Waals surface area contributed by atoms with E-state index in [2.05, 4.69) is 6.26 Å². The van der Waals surface area contributed by atoms with E-state index in [4.69, 9.17) is 0 Å². The first-order valence-corrected chi connectivity index (χ1v) is 6.35. The van der Waals surface area contributed by atoms with E-state index in [1.165, 1.54) is 0 Å². The van der Waals surface area contributed by atoms with Crippen LogP contribution in [0.3, 0.4) is 0 Å². The highest BCUT2D eigenvalue weighted by atomic mass is 33.2. The average Bonchev–Trinajstić information content (AvgIpc) is 2.21. The Kier molecular flexibility index (Phi) is 2.44. The summed E-state index contributed by atoms with van der Waals surface area (Å²) in [5.41, 5.74) is 0.